The summed E-state index contributed by atoms with van der Waals surface area (Å²) >= 11 is 0. The van der Waals surface area contributed by atoms with Gasteiger partial charge in [-0.3, -0.25) is 0 Å². The average molecular weight is 320 g/mol. The van der Waals surface area contributed by atoms with E-state index in [0.717, 1.165) is 18.3 Å². The highest BCUT2D eigenvalue weighted by Gasteiger charge is 2.59. The Labute approximate surface area is 140 Å². The van der Waals surface area contributed by atoms with Gasteiger partial charge in [0.2, 0.25) is 0 Å². The summed E-state index contributed by atoms with van der Waals surface area (Å²) in [5.41, 5.74) is 1.13. The van der Waals surface area contributed by atoms with E-state index in [-0.39, 0.29) is 12.1 Å². The third-order valence-corrected chi connectivity index (χ3v) is 6.92. The van der Waals surface area contributed by atoms with Crippen LogP contribution in [0, 0.1) is 28.6 Å². The molecule has 0 aliphatic heterocycles. The lowest BCUT2D eigenvalue weighted by Crippen LogP contribution is -2.55. The first kappa shape index (κ1) is 17.0. The van der Waals surface area contributed by atoms with Crippen LogP contribution in [0.25, 0.3) is 0 Å². The van der Waals surface area contributed by atoms with Gasteiger partial charge < -0.3 is 9.84 Å². The molecule has 0 spiro atoms. The normalized spacial score (nSPS) is 40.7. The highest BCUT2D eigenvalue weighted by atomic mass is 16.5. The fraction of sp³-hybridized carbons (Fsp3) is 0.850. The second-order valence-corrected chi connectivity index (χ2v) is 9.11. The summed E-state index contributed by atoms with van der Waals surface area (Å²) in [6.07, 6.45) is 8.69. The number of rotatable bonds is 6. The predicted molar refractivity (Wildman–Crippen MR) is 90.8 cm³/mol. The lowest BCUT2D eigenvalue weighted by atomic mass is 9.41. The zero-order chi connectivity index (χ0) is 16.8. The molecule has 0 amide bonds. The summed E-state index contributed by atoms with van der Waals surface area (Å²) in [5.74, 6) is 1.75. The molecule has 0 saturated heterocycles. The van der Waals surface area contributed by atoms with Crippen LogP contribution in [0.3, 0.4) is 0 Å². The third-order valence-electron chi connectivity index (χ3n) is 6.92. The van der Waals surface area contributed by atoms with E-state index in [1.165, 1.54) is 38.5 Å². The van der Waals surface area contributed by atoms with Crippen LogP contribution >= 0.6 is 0 Å². The summed E-state index contributed by atoms with van der Waals surface area (Å²) in [5, 5.41) is 9.76. The Morgan fingerprint density at radius 3 is 2.39 bits per heavy atom. The monoisotopic (exact) mass is 320 g/mol. The lowest BCUT2D eigenvalue weighted by molar-refractivity contribution is -0.162. The summed E-state index contributed by atoms with van der Waals surface area (Å²) in [7, 11) is 0. The molecule has 4 rings (SSSR count). The lowest BCUT2D eigenvalue weighted by Gasteiger charge is -2.64. The van der Waals surface area contributed by atoms with Crippen molar-refractivity contribution >= 4 is 5.97 Å². The zero-order valence-electron chi connectivity index (χ0n) is 14.9. The topological polar surface area (TPSA) is 46.5 Å². The fourth-order valence-corrected chi connectivity index (χ4v) is 6.47. The Hall–Kier alpha value is -0.830. The van der Waals surface area contributed by atoms with E-state index >= 15 is 0 Å². The first-order valence-electron chi connectivity index (χ1n) is 9.25. The largest absolute Gasteiger partial charge is 0.459 e. The molecule has 4 aliphatic carbocycles. The molecule has 0 radical (unpaired) electrons. The molecule has 4 unspecified atom stereocenters. The van der Waals surface area contributed by atoms with Crippen molar-refractivity contribution in [3.8, 4) is 0 Å². The number of esters is 1. The van der Waals surface area contributed by atoms with E-state index < -0.39 is 0 Å². The molecule has 1 N–H and O–H groups in total. The highest BCUT2D eigenvalue weighted by Crippen LogP contribution is 2.68. The van der Waals surface area contributed by atoms with Gasteiger partial charge in [-0.2, -0.15) is 0 Å². The van der Waals surface area contributed by atoms with E-state index in [0.29, 0.717) is 28.9 Å². The Bertz CT molecular complexity index is 481. The number of ether oxygens (including phenoxy) is 1. The van der Waals surface area contributed by atoms with Crippen molar-refractivity contribution in [1.29, 1.82) is 0 Å². The van der Waals surface area contributed by atoms with Gasteiger partial charge in [-0.1, -0.05) is 13.5 Å². The maximum absolute atomic E-state index is 11.8. The van der Waals surface area contributed by atoms with Gasteiger partial charge in [-0.15, -0.1) is 0 Å². The average Bonchev–Trinajstić information content (AvgIpc) is 2.43. The number of aliphatic hydroxyl groups is 1. The molecule has 130 valence electrons. The Kier molecular flexibility index (Phi) is 4.37. The van der Waals surface area contributed by atoms with Crippen LogP contribution in [0.2, 0.25) is 0 Å². The van der Waals surface area contributed by atoms with E-state index in [2.05, 4.69) is 13.5 Å². The van der Waals surface area contributed by atoms with Gasteiger partial charge in [-0.25, -0.2) is 4.79 Å². The van der Waals surface area contributed by atoms with Crippen molar-refractivity contribution in [2.24, 2.45) is 28.6 Å². The third kappa shape index (κ3) is 3.09. The van der Waals surface area contributed by atoms with Crippen LogP contribution in [0.5, 0.6) is 0 Å². The molecule has 0 aromatic carbocycles. The van der Waals surface area contributed by atoms with Crippen molar-refractivity contribution in [3.05, 3.63) is 12.2 Å². The number of hydrogen-bond acceptors (Lipinski definition) is 3. The number of hydrogen-bond donors (Lipinski definition) is 1. The van der Waals surface area contributed by atoms with Crippen molar-refractivity contribution in [2.75, 3.05) is 6.61 Å². The highest BCUT2D eigenvalue weighted by molar-refractivity contribution is 5.87. The molecule has 0 heterocycles. The maximum atomic E-state index is 11.8. The van der Waals surface area contributed by atoms with Gasteiger partial charge in [-0.05, 0) is 87.4 Å². The van der Waals surface area contributed by atoms with E-state index in [4.69, 9.17) is 4.74 Å². The van der Waals surface area contributed by atoms with Gasteiger partial charge in [0.25, 0.3) is 0 Å². The number of carbonyl (C=O) groups is 1. The quantitative estimate of drug-likeness (QED) is 0.592. The first-order valence-corrected chi connectivity index (χ1v) is 9.25. The van der Waals surface area contributed by atoms with E-state index in [1.54, 1.807) is 6.92 Å². The minimum atomic E-state index is -0.263. The number of carbonyl (C=O) groups excluding carboxylic acids is 1. The standard InChI is InChI=1S/C20H32O3/c1-13(2)18(22)23-15(4)6-19-7-16-5-17(8-19)10-20(9-16,12-19)14(3)11-21/h14-17,21H,1,5-12H2,2-4H3. The van der Waals surface area contributed by atoms with Gasteiger partial charge in [0.15, 0.2) is 0 Å². The van der Waals surface area contributed by atoms with Crippen molar-refractivity contribution in [1.82, 2.24) is 0 Å². The molecule has 4 aliphatic rings. The number of aliphatic hydroxyl groups excluding tert-OH is 1. The maximum Gasteiger partial charge on any atom is 0.333 e. The van der Waals surface area contributed by atoms with Gasteiger partial charge in [0.05, 0.1) is 6.10 Å². The fourth-order valence-electron chi connectivity index (χ4n) is 6.47. The van der Waals surface area contributed by atoms with Gasteiger partial charge in [0.1, 0.15) is 0 Å². The second-order valence-electron chi connectivity index (χ2n) is 9.11. The van der Waals surface area contributed by atoms with Crippen LogP contribution in [0.15, 0.2) is 12.2 Å². The van der Waals surface area contributed by atoms with Crippen LogP contribution in [0.1, 0.15) is 65.7 Å². The molecular formula is C20H32O3. The van der Waals surface area contributed by atoms with Crippen molar-refractivity contribution < 1.29 is 14.6 Å². The predicted octanol–water partition coefficient (Wildman–Crippen LogP) is 4.10. The van der Waals surface area contributed by atoms with Crippen molar-refractivity contribution in [2.45, 2.75) is 71.8 Å². The Balaban J connectivity index is 1.74. The summed E-state index contributed by atoms with van der Waals surface area (Å²) in [6.45, 7) is 9.94. The minimum absolute atomic E-state index is 0.0445. The van der Waals surface area contributed by atoms with Crippen LogP contribution in [-0.2, 0) is 9.53 Å². The van der Waals surface area contributed by atoms with Gasteiger partial charge in [0, 0.05) is 12.2 Å². The molecule has 3 nitrogen and oxygen atoms in total. The second kappa shape index (κ2) is 5.91. The van der Waals surface area contributed by atoms with Crippen LogP contribution in [-0.4, -0.2) is 23.8 Å². The zero-order valence-corrected chi connectivity index (χ0v) is 14.9. The molecule has 0 aromatic heterocycles. The van der Waals surface area contributed by atoms with Crippen LogP contribution < -0.4 is 0 Å². The van der Waals surface area contributed by atoms with Gasteiger partial charge >= 0.3 is 5.97 Å². The smallest absolute Gasteiger partial charge is 0.333 e. The van der Waals surface area contributed by atoms with Crippen LogP contribution in [0.4, 0.5) is 0 Å². The van der Waals surface area contributed by atoms with E-state index in [9.17, 15) is 9.90 Å². The summed E-state index contributed by atoms with van der Waals surface area (Å²) < 4.78 is 5.58. The van der Waals surface area contributed by atoms with Crippen molar-refractivity contribution in [3.63, 3.8) is 0 Å². The molecule has 23 heavy (non-hydrogen) atoms. The molecule has 4 fully saturated rings. The summed E-state index contributed by atoms with van der Waals surface area (Å²) in [6, 6.07) is 0. The minimum Gasteiger partial charge on any atom is -0.459 e. The Morgan fingerprint density at radius 1 is 1.26 bits per heavy atom. The summed E-state index contributed by atoms with van der Waals surface area (Å²) in [4.78, 5) is 11.8. The molecule has 0 aromatic rings. The Morgan fingerprint density at radius 2 is 1.87 bits per heavy atom. The molecular weight excluding hydrogens is 288 g/mol. The van der Waals surface area contributed by atoms with E-state index in [1.807, 2.05) is 6.92 Å². The molecule has 4 bridgehead atoms. The molecule has 4 atom stereocenters. The molecule has 3 heteroatoms. The first-order chi connectivity index (χ1) is 10.8. The SMILES string of the molecule is C=C(C)C(=O)OC(C)CC12CC3CC(C1)CC(C(C)CO)(C3)C2. The molecule has 4 saturated carbocycles.